The van der Waals surface area contributed by atoms with Gasteiger partial charge >= 0.3 is 5.97 Å². The molecular weight excluding hydrogens is 360 g/mol. The zero-order chi connectivity index (χ0) is 20.6. The number of aromatic nitrogens is 2. The summed E-state index contributed by atoms with van der Waals surface area (Å²) in [5, 5.41) is 24.9. The van der Waals surface area contributed by atoms with Gasteiger partial charge in [0.15, 0.2) is 0 Å². The predicted octanol–water partition coefficient (Wildman–Crippen LogP) is -3.15. The Labute approximate surface area is 154 Å². The summed E-state index contributed by atoms with van der Waals surface area (Å²) in [6.07, 6.45) is 1.78. The van der Waals surface area contributed by atoms with Gasteiger partial charge in [-0.05, 0) is 13.8 Å². The third-order valence-electron chi connectivity index (χ3n) is 3.60. The van der Waals surface area contributed by atoms with Crippen molar-refractivity contribution in [2.45, 2.75) is 44.5 Å². The van der Waals surface area contributed by atoms with Crippen LogP contribution >= 0.6 is 0 Å². The van der Waals surface area contributed by atoms with E-state index in [1.165, 1.54) is 26.4 Å². The van der Waals surface area contributed by atoms with E-state index in [1.807, 2.05) is 0 Å². The number of amides is 3. The van der Waals surface area contributed by atoms with Crippen LogP contribution in [0.4, 0.5) is 0 Å². The molecule has 1 aromatic rings. The maximum atomic E-state index is 12.3. The summed E-state index contributed by atoms with van der Waals surface area (Å²) < 4.78 is 0. The molecule has 4 atom stereocenters. The molecule has 1 heterocycles. The number of carbonyl (C=O) groups excluding carboxylic acids is 3. The number of carbonyl (C=O) groups is 4. The van der Waals surface area contributed by atoms with Gasteiger partial charge in [-0.3, -0.25) is 19.2 Å². The maximum Gasteiger partial charge on any atom is 0.322 e. The molecule has 0 aliphatic heterocycles. The summed E-state index contributed by atoms with van der Waals surface area (Å²) in [4.78, 5) is 53.5. The summed E-state index contributed by atoms with van der Waals surface area (Å²) >= 11 is 0. The van der Waals surface area contributed by atoms with E-state index in [9.17, 15) is 24.3 Å². The minimum absolute atomic E-state index is 0.0328. The molecule has 12 nitrogen and oxygen atoms in total. The van der Waals surface area contributed by atoms with Gasteiger partial charge < -0.3 is 36.9 Å². The van der Waals surface area contributed by atoms with Gasteiger partial charge in [0.05, 0.1) is 12.4 Å². The number of aliphatic carboxylic acids is 1. The molecule has 8 N–H and O–H groups in total. The Balaban J connectivity index is 2.74. The van der Waals surface area contributed by atoms with Crippen molar-refractivity contribution in [1.29, 1.82) is 0 Å². The fourth-order valence-electron chi connectivity index (χ4n) is 2.00. The SMILES string of the molecule is CC(NC(=O)C(N)C(C)O)C(=O)NC(Cc1cnc[nH]1)C(=O)NCC(=O)O. The number of H-pyrrole nitrogens is 1. The zero-order valence-electron chi connectivity index (χ0n) is 14.9. The van der Waals surface area contributed by atoms with Gasteiger partial charge in [0.2, 0.25) is 17.7 Å². The van der Waals surface area contributed by atoms with Gasteiger partial charge in [0.25, 0.3) is 0 Å². The van der Waals surface area contributed by atoms with Crippen LogP contribution in [0.1, 0.15) is 19.5 Å². The largest absolute Gasteiger partial charge is 0.480 e. The Bertz CT molecular complexity index is 662. The van der Waals surface area contributed by atoms with Crippen molar-refractivity contribution in [3.05, 3.63) is 18.2 Å². The van der Waals surface area contributed by atoms with E-state index in [4.69, 9.17) is 10.8 Å². The number of nitrogens with one attached hydrogen (secondary N) is 4. The van der Waals surface area contributed by atoms with Crippen LogP contribution in [-0.2, 0) is 25.6 Å². The third kappa shape index (κ3) is 7.42. The molecular formula is C15H24N6O6. The molecule has 0 spiro atoms. The van der Waals surface area contributed by atoms with Crippen molar-refractivity contribution in [2.75, 3.05) is 6.54 Å². The van der Waals surface area contributed by atoms with E-state index < -0.39 is 54.5 Å². The second kappa shape index (κ2) is 10.2. The van der Waals surface area contributed by atoms with Crippen molar-refractivity contribution >= 4 is 23.7 Å². The van der Waals surface area contributed by atoms with Crippen molar-refractivity contribution in [2.24, 2.45) is 5.73 Å². The molecule has 4 unspecified atom stereocenters. The summed E-state index contributed by atoms with van der Waals surface area (Å²) in [6.45, 7) is 2.11. The van der Waals surface area contributed by atoms with Crippen LogP contribution in [0.25, 0.3) is 0 Å². The number of carboxylic acids is 1. The first-order valence-electron chi connectivity index (χ1n) is 8.13. The molecule has 0 radical (unpaired) electrons. The Morgan fingerprint density at radius 2 is 1.85 bits per heavy atom. The lowest BCUT2D eigenvalue weighted by molar-refractivity contribution is -0.138. The van der Waals surface area contributed by atoms with E-state index in [1.54, 1.807) is 0 Å². The molecule has 1 aromatic heterocycles. The van der Waals surface area contributed by atoms with Crippen LogP contribution in [0.5, 0.6) is 0 Å². The summed E-state index contributed by atoms with van der Waals surface area (Å²) in [5.41, 5.74) is 6.03. The summed E-state index contributed by atoms with van der Waals surface area (Å²) in [5.74, 6) is -3.36. The van der Waals surface area contributed by atoms with Gasteiger partial charge in [0, 0.05) is 18.3 Å². The van der Waals surface area contributed by atoms with Crippen LogP contribution in [0.3, 0.4) is 0 Å². The van der Waals surface area contributed by atoms with E-state index in [0.29, 0.717) is 5.69 Å². The van der Waals surface area contributed by atoms with E-state index in [0.717, 1.165) is 0 Å². The first-order valence-corrected chi connectivity index (χ1v) is 8.13. The molecule has 150 valence electrons. The Kier molecular flexibility index (Phi) is 8.35. The summed E-state index contributed by atoms with van der Waals surface area (Å²) in [6, 6.07) is -3.35. The molecule has 0 fully saturated rings. The average molecular weight is 384 g/mol. The Hall–Kier alpha value is -2.99. The highest BCUT2D eigenvalue weighted by Crippen LogP contribution is 2.00. The number of aliphatic hydroxyl groups excluding tert-OH is 1. The van der Waals surface area contributed by atoms with Crippen LogP contribution < -0.4 is 21.7 Å². The number of imidazole rings is 1. The van der Waals surface area contributed by atoms with Gasteiger partial charge in [-0.15, -0.1) is 0 Å². The van der Waals surface area contributed by atoms with Crippen LogP contribution in [0, 0.1) is 0 Å². The number of aliphatic hydroxyl groups is 1. The van der Waals surface area contributed by atoms with E-state index >= 15 is 0 Å². The van der Waals surface area contributed by atoms with Gasteiger partial charge in [-0.25, -0.2) is 4.98 Å². The van der Waals surface area contributed by atoms with Crippen molar-refractivity contribution in [1.82, 2.24) is 25.9 Å². The number of hydrogen-bond acceptors (Lipinski definition) is 7. The number of hydrogen-bond donors (Lipinski definition) is 7. The summed E-state index contributed by atoms with van der Waals surface area (Å²) in [7, 11) is 0. The quantitative estimate of drug-likeness (QED) is 0.219. The first kappa shape index (κ1) is 22.1. The van der Waals surface area contributed by atoms with E-state index in [-0.39, 0.29) is 6.42 Å². The van der Waals surface area contributed by atoms with Crippen molar-refractivity contribution < 1.29 is 29.4 Å². The molecule has 0 aliphatic carbocycles. The predicted molar refractivity (Wildman–Crippen MR) is 92.1 cm³/mol. The van der Waals surface area contributed by atoms with E-state index in [2.05, 4.69) is 25.9 Å². The fraction of sp³-hybridized carbons (Fsp3) is 0.533. The fourth-order valence-corrected chi connectivity index (χ4v) is 2.00. The molecule has 0 bridgehead atoms. The smallest absolute Gasteiger partial charge is 0.322 e. The van der Waals surface area contributed by atoms with Gasteiger partial charge in [0.1, 0.15) is 24.7 Å². The maximum absolute atomic E-state index is 12.3. The van der Waals surface area contributed by atoms with Crippen molar-refractivity contribution in [3.63, 3.8) is 0 Å². The molecule has 0 saturated heterocycles. The molecule has 0 aromatic carbocycles. The second-order valence-electron chi connectivity index (χ2n) is 5.95. The number of carboxylic acid groups (broad SMARTS) is 1. The highest BCUT2D eigenvalue weighted by atomic mass is 16.4. The third-order valence-corrected chi connectivity index (χ3v) is 3.60. The highest BCUT2D eigenvalue weighted by Gasteiger charge is 2.27. The Morgan fingerprint density at radius 1 is 1.19 bits per heavy atom. The molecule has 12 heteroatoms. The van der Waals surface area contributed by atoms with Crippen molar-refractivity contribution in [3.8, 4) is 0 Å². The lowest BCUT2D eigenvalue weighted by Gasteiger charge is -2.22. The number of nitrogens with zero attached hydrogens (tertiary/aromatic N) is 1. The van der Waals surface area contributed by atoms with Gasteiger partial charge in [-0.2, -0.15) is 0 Å². The average Bonchev–Trinajstić information content (AvgIpc) is 3.10. The molecule has 1 rings (SSSR count). The molecule has 0 saturated carbocycles. The normalized spacial score (nSPS) is 15.1. The second-order valence-corrected chi connectivity index (χ2v) is 5.95. The topological polar surface area (TPSA) is 200 Å². The monoisotopic (exact) mass is 384 g/mol. The van der Waals surface area contributed by atoms with Crippen LogP contribution in [0.2, 0.25) is 0 Å². The minimum Gasteiger partial charge on any atom is -0.480 e. The standard InChI is InChI=1S/C15H24N6O6/c1-7(20-15(27)12(16)8(2)22)13(25)21-10(3-9-4-17-6-19-9)14(26)18-5-11(23)24/h4,6-8,10,12,22H,3,5,16H2,1-2H3,(H,17,19)(H,18,26)(H,20,27)(H,21,25)(H,23,24). The molecule has 0 aliphatic rings. The lowest BCUT2D eigenvalue weighted by Crippen LogP contribution is -2.56. The van der Waals surface area contributed by atoms with Crippen LogP contribution in [-0.4, -0.2) is 74.6 Å². The number of aromatic amines is 1. The molecule has 3 amide bonds. The highest BCUT2D eigenvalue weighted by molar-refractivity contribution is 5.93. The number of rotatable bonds is 10. The van der Waals surface area contributed by atoms with Gasteiger partial charge in [-0.1, -0.05) is 0 Å². The number of nitrogens with two attached hydrogens (primary N) is 1. The zero-order valence-corrected chi connectivity index (χ0v) is 14.9. The lowest BCUT2D eigenvalue weighted by atomic mass is 10.1. The minimum atomic E-state index is -1.23. The molecule has 27 heavy (non-hydrogen) atoms. The van der Waals surface area contributed by atoms with Crippen LogP contribution in [0.15, 0.2) is 12.5 Å². The first-order chi connectivity index (χ1) is 12.6. The Morgan fingerprint density at radius 3 is 2.37 bits per heavy atom.